The number of hydrogen-bond donors (Lipinski definition) is 0. The minimum atomic E-state index is -0.781. The van der Waals surface area contributed by atoms with Gasteiger partial charge in [0.1, 0.15) is 24.0 Å². The van der Waals surface area contributed by atoms with Crippen LogP contribution in [0, 0.1) is 11.3 Å². The highest BCUT2D eigenvalue weighted by atomic mass is 32.1. The van der Waals surface area contributed by atoms with Gasteiger partial charge in [-0.1, -0.05) is 12.1 Å². The van der Waals surface area contributed by atoms with E-state index in [1.807, 2.05) is 6.07 Å². The number of carbonyl (C=O) groups is 1. The molecule has 3 aromatic rings. The fraction of sp³-hybridized carbons (Fsp3) is 0.111. The van der Waals surface area contributed by atoms with Crippen molar-refractivity contribution in [1.29, 1.82) is 5.26 Å². The zero-order valence-corrected chi connectivity index (χ0v) is 14.5. The van der Waals surface area contributed by atoms with Crippen molar-refractivity contribution in [2.24, 2.45) is 0 Å². The Bertz CT molecular complexity index is 1070. The van der Waals surface area contributed by atoms with E-state index in [0.717, 1.165) is 0 Å². The third-order valence-electron chi connectivity index (χ3n) is 3.47. The minimum Gasteiger partial charge on any atom is -0.497 e. The van der Waals surface area contributed by atoms with Gasteiger partial charge in [0.15, 0.2) is 4.96 Å². The molecule has 0 amide bonds. The maximum absolute atomic E-state index is 12.1. The van der Waals surface area contributed by atoms with E-state index < -0.39 is 5.97 Å². The van der Waals surface area contributed by atoms with Gasteiger partial charge in [-0.15, -0.1) is 11.3 Å². The minimum absolute atomic E-state index is 0.149. The second kappa shape index (κ2) is 7.63. The molecule has 0 atom stereocenters. The van der Waals surface area contributed by atoms with Gasteiger partial charge in [0.2, 0.25) is 0 Å². The Balaban J connectivity index is 1.73. The number of thiazole rings is 1. The van der Waals surface area contributed by atoms with Crippen molar-refractivity contribution in [3.05, 3.63) is 69.1 Å². The van der Waals surface area contributed by atoms with Crippen molar-refractivity contribution < 1.29 is 14.3 Å². The third-order valence-corrected chi connectivity index (χ3v) is 4.23. The van der Waals surface area contributed by atoms with Crippen LogP contribution in [0.2, 0.25) is 0 Å². The monoisotopic (exact) mass is 367 g/mol. The number of nitrogens with zero attached hydrogens (tertiary/aromatic N) is 3. The summed E-state index contributed by atoms with van der Waals surface area (Å²) in [5, 5.41) is 10.9. The Morgan fingerprint density at radius 3 is 2.85 bits per heavy atom. The van der Waals surface area contributed by atoms with Crippen molar-refractivity contribution in [3.63, 3.8) is 0 Å². The molecule has 0 spiro atoms. The van der Waals surface area contributed by atoms with Gasteiger partial charge in [-0.2, -0.15) is 5.26 Å². The highest BCUT2D eigenvalue weighted by Gasteiger charge is 2.12. The van der Waals surface area contributed by atoms with Gasteiger partial charge in [-0.05, 0) is 23.8 Å². The van der Waals surface area contributed by atoms with Crippen LogP contribution in [-0.2, 0) is 16.1 Å². The molecule has 0 unspecified atom stereocenters. The number of carbonyl (C=O) groups excluding carboxylic acids is 1. The van der Waals surface area contributed by atoms with Gasteiger partial charge >= 0.3 is 5.97 Å². The molecule has 0 radical (unpaired) electrons. The van der Waals surface area contributed by atoms with Gasteiger partial charge in [0.05, 0.1) is 12.8 Å². The highest BCUT2D eigenvalue weighted by Crippen LogP contribution is 2.15. The molecule has 3 rings (SSSR count). The normalized spacial score (nSPS) is 11.2. The molecule has 2 heterocycles. The van der Waals surface area contributed by atoms with E-state index >= 15 is 0 Å². The molecule has 130 valence electrons. The lowest BCUT2D eigenvalue weighted by atomic mass is 10.1. The zero-order valence-electron chi connectivity index (χ0n) is 13.7. The standard InChI is InChI=1S/C18H13N3O4S/c1-24-15-4-2-12(3-5-15)8-13(10-19)17(23)25-11-14-9-16(22)21-6-7-26-18(21)20-14/h2-9H,11H2,1H3/b13-8-. The molecule has 0 N–H and O–H groups in total. The molecule has 0 saturated heterocycles. The molecule has 0 aliphatic heterocycles. The Morgan fingerprint density at radius 2 is 2.15 bits per heavy atom. The molecule has 2 aromatic heterocycles. The van der Waals surface area contributed by atoms with Crippen LogP contribution in [0.4, 0.5) is 0 Å². The molecule has 1 aromatic carbocycles. The summed E-state index contributed by atoms with van der Waals surface area (Å²) in [6.45, 7) is -0.190. The van der Waals surface area contributed by atoms with Crippen molar-refractivity contribution in [2.75, 3.05) is 7.11 Å². The third kappa shape index (κ3) is 3.79. The number of nitriles is 1. The number of esters is 1. The predicted molar refractivity (Wildman–Crippen MR) is 95.7 cm³/mol. The lowest BCUT2D eigenvalue weighted by Gasteiger charge is -2.04. The maximum Gasteiger partial charge on any atom is 0.349 e. The number of rotatable bonds is 5. The summed E-state index contributed by atoms with van der Waals surface area (Å²) < 4.78 is 11.6. The van der Waals surface area contributed by atoms with Gasteiger partial charge in [-0.3, -0.25) is 9.20 Å². The smallest absolute Gasteiger partial charge is 0.349 e. The molecule has 26 heavy (non-hydrogen) atoms. The summed E-state index contributed by atoms with van der Waals surface area (Å²) in [5.41, 5.74) is 0.587. The van der Waals surface area contributed by atoms with Crippen LogP contribution in [0.15, 0.2) is 52.3 Å². The average molecular weight is 367 g/mol. The molecular weight excluding hydrogens is 354 g/mol. The molecule has 0 saturated carbocycles. The largest absolute Gasteiger partial charge is 0.497 e. The predicted octanol–water partition coefficient (Wildman–Crippen LogP) is 2.41. The van der Waals surface area contributed by atoms with E-state index in [9.17, 15) is 14.9 Å². The van der Waals surface area contributed by atoms with Crippen molar-refractivity contribution >= 4 is 28.3 Å². The van der Waals surface area contributed by atoms with Gasteiger partial charge in [0, 0.05) is 17.6 Å². The Hall–Kier alpha value is -3.44. The first kappa shape index (κ1) is 17.4. The molecule has 0 aliphatic rings. The summed E-state index contributed by atoms with van der Waals surface area (Å²) in [5.74, 6) is -0.110. The molecule has 8 heteroatoms. The van der Waals surface area contributed by atoms with E-state index in [1.54, 1.807) is 43.0 Å². The van der Waals surface area contributed by atoms with Crippen LogP contribution >= 0.6 is 11.3 Å². The Labute approximate surface area is 152 Å². The number of aromatic nitrogens is 2. The SMILES string of the molecule is COc1ccc(/C=C(/C#N)C(=O)OCc2cc(=O)n3ccsc3n2)cc1. The van der Waals surface area contributed by atoms with Crippen LogP contribution in [0.3, 0.4) is 0 Å². The number of ether oxygens (including phenoxy) is 2. The lowest BCUT2D eigenvalue weighted by molar-refractivity contribution is -0.139. The Kier molecular flexibility index (Phi) is 5.10. The second-order valence-corrected chi connectivity index (χ2v) is 6.03. The van der Waals surface area contributed by atoms with Crippen LogP contribution in [0.1, 0.15) is 11.3 Å². The van der Waals surface area contributed by atoms with E-state index in [4.69, 9.17) is 9.47 Å². The van der Waals surface area contributed by atoms with E-state index in [1.165, 1.54) is 27.9 Å². The fourth-order valence-corrected chi connectivity index (χ4v) is 2.92. The first-order valence-electron chi connectivity index (χ1n) is 7.49. The van der Waals surface area contributed by atoms with Gasteiger partial charge in [0.25, 0.3) is 5.56 Å². The van der Waals surface area contributed by atoms with Gasteiger partial charge < -0.3 is 9.47 Å². The zero-order chi connectivity index (χ0) is 18.5. The molecule has 0 bridgehead atoms. The fourth-order valence-electron chi connectivity index (χ4n) is 2.18. The summed E-state index contributed by atoms with van der Waals surface area (Å²) in [6, 6.07) is 10.0. The number of benzene rings is 1. The maximum atomic E-state index is 12.1. The first-order chi connectivity index (χ1) is 12.6. The van der Waals surface area contributed by atoms with E-state index in [-0.39, 0.29) is 17.7 Å². The summed E-state index contributed by atoms with van der Waals surface area (Å²) in [4.78, 5) is 28.8. The average Bonchev–Trinajstić information content (AvgIpc) is 3.14. The van der Waals surface area contributed by atoms with Crippen molar-refractivity contribution in [1.82, 2.24) is 9.38 Å². The number of fused-ring (bicyclic) bond motifs is 1. The quantitative estimate of drug-likeness (QED) is 0.390. The molecule has 7 nitrogen and oxygen atoms in total. The lowest BCUT2D eigenvalue weighted by Crippen LogP contribution is -2.15. The van der Waals surface area contributed by atoms with Crippen molar-refractivity contribution in [3.8, 4) is 11.8 Å². The molecule has 0 aliphatic carbocycles. The summed E-state index contributed by atoms with van der Waals surface area (Å²) in [7, 11) is 1.55. The second-order valence-electron chi connectivity index (χ2n) is 5.16. The van der Waals surface area contributed by atoms with Crippen LogP contribution in [0.5, 0.6) is 5.75 Å². The Morgan fingerprint density at radius 1 is 1.38 bits per heavy atom. The topological polar surface area (TPSA) is 93.7 Å². The highest BCUT2D eigenvalue weighted by molar-refractivity contribution is 7.15. The number of methoxy groups -OCH3 is 1. The van der Waals surface area contributed by atoms with E-state index in [2.05, 4.69) is 4.98 Å². The van der Waals surface area contributed by atoms with Crippen LogP contribution < -0.4 is 10.3 Å². The summed E-state index contributed by atoms with van der Waals surface area (Å²) in [6.07, 6.45) is 3.04. The summed E-state index contributed by atoms with van der Waals surface area (Å²) >= 11 is 1.30. The van der Waals surface area contributed by atoms with Crippen LogP contribution in [0.25, 0.3) is 11.0 Å². The molecule has 0 fully saturated rings. The number of hydrogen-bond acceptors (Lipinski definition) is 7. The molecular formula is C18H13N3O4S. The van der Waals surface area contributed by atoms with Crippen molar-refractivity contribution in [2.45, 2.75) is 6.61 Å². The van der Waals surface area contributed by atoms with Crippen LogP contribution in [-0.4, -0.2) is 22.5 Å². The van der Waals surface area contributed by atoms with E-state index in [0.29, 0.717) is 22.0 Å². The van der Waals surface area contributed by atoms with Gasteiger partial charge in [-0.25, -0.2) is 9.78 Å². The first-order valence-corrected chi connectivity index (χ1v) is 8.37.